The van der Waals surface area contributed by atoms with Crippen LogP contribution in [0.4, 0.5) is 0 Å². The molecule has 146 valence electrons. The second-order valence-electron chi connectivity index (χ2n) is 6.46. The van der Waals surface area contributed by atoms with E-state index in [4.69, 9.17) is 9.47 Å². The predicted molar refractivity (Wildman–Crippen MR) is 103 cm³/mol. The summed E-state index contributed by atoms with van der Waals surface area (Å²) in [4.78, 5) is 23.4. The minimum Gasteiger partial charge on any atom is -0.490 e. The molecule has 1 aromatic rings. The number of hydrogen-bond donors (Lipinski definition) is 2. The van der Waals surface area contributed by atoms with Crippen LogP contribution < -0.4 is 20.1 Å². The van der Waals surface area contributed by atoms with Gasteiger partial charge < -0.3 is 20.1 Å². The van der Waals surface area contributed by atoms with Crippen molar-refractivity contribution in [1.29, 1.82) is 0 Å². The summed E-state index contributed by atoms with van der Waals surface area (Å²) >= 11 is 0. The highest BCUT2D eigenvalue weighted by molar-refractivity contribution is 5.84. The zero-order chi connectivity index (χ0) is 19.4. The van der Waals surface area contributed by atoms with Crippen LogP contribution >= 0.6 is 0 Å². The predicted octanol–water partition coefficient (Wildman–Crippen LogP) is 2.70. The molecule has 0 heterocycles. The minimum absolute atomic E-state index is 0.0183. The van der Waals surface area contributed by atoms with Crippen LogP contribution in [-0.2, 0) is 16.0 Å². The average molecular weight is 364 g/mol. The maximum Gasteiger partial charge on any atom is 0.239 e. The van der Waals surface area contributed by atoms with E-state index in [1.165, 1.54) is 0 Å². The lowest BCUT2D eigenvalue weighted by molar-refractivity contribution is -0.126. The molecule has 26 heavy (non-hydrogen) atoms. The maximum absolute atomic E-state index is 11.8. The normalized spacial score (nSPS) is 10.5. The maximum atomic E-state index is 11.8. The lowest BCUT2D eigenvalue weighted by Gasteiger charge is -2.13. The van der Waals surface area contributed by atoms with Crippen molar-refractivity contribution in [2.24, 2.45) is 5.92 Å². The summed E-state index contributed by atoms with van der Waals surface area (Å²) < 4.78 is 11.1. The van der Waals surface area contributed by atoms with Crippen LogP contribution in [0, 0.1) is 5.92 Å². The van der Waals surface area contributed by atoms with Crippen LogP contribution in [0.25, 0.3) is 0 Å². The summed E-state index contributed by atoms with van der Waals surface area (Å²) in [5.74, 6) is 1.66. The van der Waals surface area contributed by atoms with Crippen LogP contribution in [0.1, 0.15) is 46.1 Å². The molecule has 0 atom stereocenters. The number of nitrogens with one attached hydrogen (secondary N) is 2. The molecule has 0 radical (unpaired) electrons. The summed E-state index contributed by atoms with van der Waals surface area (Å²) in [6, 6.07) is 5.79. The highest BCUT2D eigenvalue weighted by Crippen LogP contribution is 2.28. The van der Waals surface area contributed by atoms with Gasteiger partial charge in [0.05, 0.1) is 19.8 Å². The molecule has 1 rings (SSSR count). The van der Waals surface area contributed by atoms with Gasteiger partial charge in [0.25, 0.3) is 0 Å². The van der Waals surface area contributed by atoms with Gasteiger partial charge in [-0.05, 0) is 50.3 Å². The van der Waals surface area contributed by atoms with E-state index in [0.29, 0.717) is 38.5 Å². The molecule has 0 bridgehead atoms. The monoisotopic (exact) mass is 364 g/mol. The standard InChI is InChI=1S/C20H32N2O4/c1-5-25-17-9-8-16(13-18(17)26-6-2)11-12-21-20(24)14-22-19(23)10-7-15(3)4/h8-9,13,15H,5-7,10-12,14H2,1-4H3,(H,21,24)(H,22,23). The molecule has 2 N–H and O–H groups in total. The fourth-order valence-corrected chi connectivity index (χ4v) is 2.35. The molecule has 0 saturated carbocycles. The SMILES string of the molecule is CCOc1ccc(CCNC(=O)CNC(=O)CCC(C)C)cc1OCC. The Balaban J connectivity index is 2.36. The van der Waals surface area contributed by atoms with Crippen molar-refractivity contribution in [2.75, 3.05) is 26.3 Å². The lowest BCUT2D eigenvalue weighted by atomic mass is 10.1. The van der Waals surface area contributed by atoms with Gasteiger partial charge in [0.15, 0.2) is 11.5 Å². The number of hydrogen-bond acceptors (Lipinski definition) is 4. The van der Waals surface area contributed by atoms with Crippen molar-refractivity contribution in [3.8, 4) is 11.5 Å². The van der Waals surface area contributed by atoms with Crippen LogP contribution in [0.3, 0.4) is 0 Å². The second kappa shape index (κ2) is 12.2. The quantitative estimate of drug-likeness (QED) is 0.598. The molecule has 0 saturated heterocycles. The summed E-state index contributed by atoms with van der Waals surface area (Å²) in [6.07, 6.45) is 1.96. The Hall–Kier alpha value is -2.24. The van der Waals surface area contributed by atoms with Gasteiger partial charge in [-0.25, -0.2) is 0 Å². The van der Waals surface area contributed by atoms with E-state index < -0.39 is 0 Å². The molecule has 2 amide bonds. The fourth-order valence-electron chi connectivity index (χ4n) is 2.35. The molecular weight excluding hydrogens is 332 g/mol. The van der Waals surface area contributed by atoms with Gasteiger partial charge in [-0.2, -0.15) is 0 Å². The Morgan fingerprint density at radius 3 is 2.35 bits per heavy atom. The van der Waals surface area contributed by atoms with Crippen LogP contribution in [0.15, 0.2) is 18.2 Å². The number of ether oxygens (including phenoxy) is 2. The van der Waals surface area contributed by atoms with E-state index in [2.05, 4.69) is 24.5 Å². The Morgan fingerprint density at radius 1 is 1.00 bits per heavy atom. The number of amides is 2. The minimum atomic E-state index is -0.182. The van der Waals surface area contributed by atoms with E-state index in [0.717, 1.165) is 23.5 Å². The van der Waals surface area contributed by atoms with Crippen molar-refractivity contribution in [3.05, 3.63) is 23.8 Å². The number of rotatable bonds is 12. The Kier molecular flexibility index (Phi) is 10.2. The Labute approximate surface area is 156 Å². The molecule has 0 spiro atoms. The van der Waals surface area contributed by atoms with Gasteiger partial charge in [-0.1, -0.05) is 19.9 Å². The van der Waals surface area contributed by atoms with Crippen molar-refractivity contribution in [2.45, 2.75) is 47.0 Å². The first-order valence-corrected chi connectivity index (χ1v) is 9.38. The van der Waals surface area contributed by atoms with E-state index in [1.807, 2.05) is 32.0 Å². The van der Waals surface area contributed by atoms with Gasteiger partial charge in [0.1, 0.15) is 0 Å². The molecule has 0 aromatic heterocycles. The second-order valence-corrected chi connectivity index (χ2v) is 6.46. The number of benzene rings is 1. The molecular formula is C20H32N2O4. The third kappa shape index (κ3) is 8.74. The summed E-state index contributed by atoms with van der Waals surface area (Å²) in [5, 5.41) is 5.46. The molecule has 0 fully saturated rings. The largest absolute Gasteiger partial charge is 0.490 e. The van der Waals surface area contributed by atoms with E-state index in [1.54, 1.807) is 0 Å². The molecule has 0 aliphatic rings. The number of carbonyl (C=O) groups excluding carboxylic acids is 2. The molecule has 6 heteroatoms. The van der Waals surface area contributed by atoms with Crippen molar-refractivity contribution in [1.82, 2.24) is 10.6 Å². The number of carbonyl (C=O) groups is 2. The average Bonchev–Trinajstić information content (AvgIpc) is 2.60. The Bertz CT molecular complexity index is 573. The van der Waals surface area contributed by atoms with Gasteiger partial charge in [-0.3, -0.25) is 9.59 Å². The van der Waals surface area contributed by atoms with E-state index >= 15 is 0 Å². The van der Waals surface area contributed by atoms with Crippen LogP contribution in [-0.4, -0.2) is 38.1 Å². The van der Waals surface area contributed by atoms with Gasteiger partial charge >= 0.3 is 0 Å². The summed E-state index contributed by atoms with van der Waals surface area (Å²) in [5.41, 5.74) is 1.05. The van der Waals surface area contributed by atoms with Crippen molar-refractivity contribution < 1.29 is 19.1 Å². The third-order valence-corrected chi connectivity index (χ3v) is 3.74. The van der Waals surface area contributed by atoms with Gasteiger partial charge in [-0.15, -0.1) is 0 Å². The molecule has 0 aliphatic carbocycles. The van der Waals surface area contributed by atoms with Crippen LogP contribution in [0.5, 0.6) is 11.5 Å². The van der Waals surface area contributed by atoms with Gasteiger partial charge in [0, 0.05) is 13.0 Å². The fraction of sp³-hybridized carbons (Fsp3) is 0.600. The zero-order valence-corrected chi connectivity index (χ0v) is 16.4. The lowest BCUT2D eigenvalue weighted by Crippen LogP contribution is -2.37. The first-order chi connectivity index (χ1) is 12.5. The molecule has 6 nitrogen and oxygen atoms in total. The summed E-state index contributed by atoms with van der Waals surface area (Å²) in [7, 11) is 0. The smallest absolute Gasteiger partial charge is 0.239 e. The van der Waals surface area contributed by atoms with Crippen molar-refractivity contribution >= 4 is 11.8 Å². The highest BCUT2D eigenvalue weighted by atomic mass is 16.5. The third-order valence-electron chi connectivity index (χ3n) is 3.74. The Morgan fingerprint density at radius 2 is 1.69 bits per heavy atom. The molecule has 0 aliphatic heterocycles. The molecule has 1 aromatic carbocycles. The first kappa shape index (κ1) is 21.8. The van der Waals surface area contributed by atoms with E-state index in [9.17, 15) is 9.59 Å². The highest BCUT2D eigenvalue weighted by Gasteiger charge is 2.08. The van der Waals surface area contributed by atoms with E-state index in [-0.39, 0.29) is 18.4 Å². The molecule has 0 unspecified atom stereocenters. The van der Waals surface area contributed by atoms with Crippen LogP contribution in [0.2, 0.25) is 0 Å². The van der Waals surface area contributed by atoms with Gasteiger partial charge in [0.2, 0.25) is 11.8 Å². The summed E-state index contributed by atoms with van der Waals surface area (Å²) in [6.45, 7) is 9.66. The topological polar surface area (TPSA) is 76.7 Å². The van der Waals surface area contributed by atoms with Crippen molar-refractivity contribution in [3.63, 3.8) is 0 Å². The first-order valence-electron chi connectivity index (χ1n) is 9.38. The zero-order valence-electron chi connectivity index (χ0n) is 16.4.